The Morgan fingerprint density at radius 2 is 1.94 bits per heavy atom. The molecular weight excluding hydrogens is 226 g/mol. The zero-order chi connectivity index (χ0) is 13.3. The summed E-state index contributed by atoms with van der Waals surface area (Å²) in [4.78, 5) is 0. The molecule has 3 N–H and O–H groups in total. The third kappa shape index (κ3) is 2.57. The molecular formula is C15H19NO2. The van der Waals surface area contributed by atoms with Gasteiger partial charge in [0.05, 0.1) is 0 Å². The predicted molar refractivity (Wildman–Crippen MR) is 73.1 cm³/mol. The van der Waals surface area contributed by atoms with Gasteiger partial charge in [0.25, 0.3) is 0 Å². The van der Waals surface area contributed by atoms with Gasteiger partial charge in [0, 0.05) is 6.20 Å². The normalized spacial score (nSPS) is 19.3. The molecule has 18 heavy (non-hydrogen) atoms. The van der Waals surface area contributed by atoms with Crippen LogP contribution in [0.5, 0.6) is 5.75 Å². The Kier molecular flexibility index (Phi) is 3.18. The lowest BCUT2D eigenvalue weighted by molar-refractivity contribution is 0.201. The first kappa shape index (κ1) is 12.7. The van der Waals surface area contributed by atoms with Crippen LogP contribution in [0.4, 0.5) is 0 Å². The number of aliphatic hydroxyl groups is 1. The average molecular weight is 245 g/mol. The highest BCUT2D eigenvalue weighted by molar-refractivity contribution is 5.75. The number of phenols is 1. The van der Waals surface area contributed by atoms with E-state index in [1.165, 1.54) is 0 Å². The summed E-state index contributed by atoms with van der Waals surface area (Å²) in [6.07, 6.45) is 4.63. The maximum Gasteiger partial charge on any atom is 0.143 e. The van der Waals surface area contributed by atoms with Gasteiger partial charge in [-0.05, 0) is 34.3 Å². The highest BCUT2D eigenvalue weighted by Gasteiger charge is 2.18. The van der Waals surface area contributed by atoms with Gasteiger partial charge in [0.1, 0.15) is 12.0 Å². The highest BCUT2D eigenvalue weighted by Crippen LogP contribution is 2.33. The number of rotatable bonds is 1. The van der Waals surface area contributed by atoms with E-state index in [4.69, 9.17) is 0 Å². The van der Waals surface area contributed by atoms with E-state index in [2.05, 4.69) is 26.1 Å². The Labute approximate surface area is 107 Å². The second-order valence-electron chi connectivity index (χ2n) is 5.55. The smallest absolute Gasteiger partial charge is 0.143 e. The van der Waals surface area contributed by atoms with Gasteiger partial charge in [-0.3, -0.25) is 0 Å². The molecule has 0 aliphatic carbocycles. The Balaban J connectivity index is 2.33. The molecule has 0 radical (unpaired) electrons. The number of hydrogen-bond donors (Lipinski definition) is 3. The molecule has 1 aromatic rings. The van der Waals surface area contributed by atoms with E-state index in [9.17, 15) is 10.2 Å². The van der Waals surface area contributed by atoms with E-state index < -0.39 is 6.23 Å². The van der Waals surface area contributed by atoms with Crippen molar-refractivity contribution < 1.29 is 10.2 Å². The topological polar surface area (TPSA) is 52.5 Å². The van der Waals surface area contributed by atoms with Crippen LogP contribution in [-0.2, 0) is 5.41 Å². The summed E-state index contributed by atoms with van der Waals surface area (Å²) in [5, 5.41) is 22.2. The maximum absolute atomic E-state index is 10.1. The van der Waals surface area contributed by atoms with E-state index in [1.807, 2.05) is 18.2 Å². The average Bonchev–Trinajstić information content (AvgIpc) is 2.28. The van der Waals surface area contributed by atoms with Crippen molar-refractivity contribution in [2.24, 2.45) is 0 Å². The van der Waals surface area contributed by atoms with Crippen LogP contribution < -0.4 is 5.32 Å². The molecule has 0 amide bonds. The van der Waals surface area contributed by atoms with Crippen molar-refractivity contribution >= 4 is 5.57 Å². The molecule has 0 saturated carbocycles. The number of dihydropyridines is 1. The SMILES string of the molecule is CC(C)(C)c1ccc(C2=CNC(O)C=C2)cc1O. The first-order valence-corrected chi connectivity index (χ1v) is 6.04. The minimum atomic E-state index is -0.629. The number of nitrogens with one attached hydrogen (secondary N) is 1. The Hall–Kier alpha value is -1.74. The van der Waals surface area contributed by atoms with E-state index in [0.717, 1.165) is 16.7 Å². The number of aliphatic hydroxyl groups excluding tert-OH is 1. The third-order valence-corrected chi connectivity index (χ3v) is 3.01. The molecule has 3 heteroatoms. The van der Waals surface area contributed by atoms with Crippen LogP contribution >= 0.6 is 0 Å². The molecule has 1 aromatic carbocycles. The Morgan fingerprint density at radius 3 is 2.44 bits per heavy atom. The fourth-order valence-corrected chi connectivity index (χ4v) is 2.00. The van der Waals surface area contributed by atoms with Crippen molar-refractivity contribution in [3.8, 4) is 5.75 Å². The summed E-state index contributed by atoms with van der Waals surface area (Å²) in [5.74, 6) is 0.306. The van der Waals surface area contributed by atoms with Crippen molar-refractivity contribution in [3.63, 3.8) is 0 Å². The lowest BCUT2D eigenvalue weighted by Crippen LogP contribution is -2.23. The summed E-state index contributed by atoms with van der Waals surface area (Å²) in [6.45, 7) is 6.21. The first-order chi connectivity index (χ1) is 8.38. The monoisotopic (exact) mass is 245 g/mol. The van der Waals surface area contributed by atoms with Crippen LogP contribution in [0.1, 0.15) is 31.9 Å². The zero-order valence-corrected chi connectivity index (χ0v) is 10.9. The molecule has 0 spiro atoms. The molecule has 0 bridgehead atoms. The molecule has 3 nitrogen and oxygen atoms in total. The second kappa shape index (κ2) is 4.50. The zero-order valence-electron chi connectivity index (χ0n) is 10.9. The van der Waals surface area contributed by atoms with Gasteiger partial charge >= 0.3 is 0 Å². The van der Waals surface area contributed by atoms with Gasteiger partial charge in [-0.15, -0.1) is 0 Å². The van der Waals surface area contributed by atoms with Crippen molar-refractivity contribution in [2.75, 3.05) is 0 Å². The van der Waals surface area contributed by atoms with Crippen molar-refractivity contribution in [2.45, 2.75) is 32.4 Å². The summed E-state index contributed by atoms with van der Waals surface area (Å²) < 4.78 is 0. The maximum atomic E-state index is 10.1. The molecule has 1 unspecified atom stereocenters. The molecule has 1 aliphatic heterocycles. The molecule has 1 atom stereocenters. The van der Waals surface area contributed by atoms with Crippen LogP contribution in [0.2, 0.25) is 0 Å². The van der Waals surface area contributed by atoms with Crippen molar-refractivity contribution in [3.05, 3.63) is 47.7 Å². The van der Waals surface area contributed by atoms with Gasteiger partial charge in [0.15, 0.2) is 0 Å². The van der Waals surface area contributed by atoms with E-state index in [-0.39, 0.29) is 5.41 Å². The second-order valence-corrected chi connectivity index (χ2v) is 5.55. The molecule has 0 aromatic heterocycles. The fraction of sp³-hybridized carbons (Fsp3) is 0.333. The minimum absolute atomic E-state index is 0.0756. The van der Waals surface area contributed by atoms with Gasteiger partial charge in [0.2, 0.25) is 0 Å². The summed E-state index contributed by atoms with van der Waals surface area (Å²) >= 11 is 0. The van der Waals surface area contributed by atoms with Crippen LogP contribution in [-0.4, -0.2) is 16.4 Å². The number of aromatic hydroxyl groups is 1. The molecule has 2 rings (SSSR count). The van der Waals surface area contributed by atoms with E-state index >= 15 is 0 Å². The molecule has 0 fully saturated rings. The lowest BCUT2D eigenvalue weighted by atomic mass is 9.85. The molecule has 96 valence electrons. The predicted octanol–water partition coefficient (Wildman–Crippen LogP) is 2.51. The highest BCUT2D eigenvalue weighted by atomic mass is 16.3. The Bertz CT molecular complexity index is 510. The van der Waals surface area contributed by atoms with Gasteiger partial charge in [-0.1, -0.05) is 39.0 Å². The largest absolute Gasteiger partial charge is 0.508 e. The quantitative estimate of drug-likeness (QED) is 0.712. The molecule has 0 saturated heterocycles. The van der Waals surface area contributed by atoms with E-state index in [1.54, 1.807) is 18.3 Å². The standard InChI is InChI=1S/C15H19NO2/c1-15(2,3)12-6-4-10(8-13(12)17)11-5-7-14(18)16-9-11/h4-9,14,16-18H,1-3H3. The minimum Gasteiger partial charge on any atom is -0.508 e. The summed E-state index contributed by atoms with van der Waals surface area (Å²) in [7, 11) is 0. The van der Waals surface area contributed by atoms with Gasteiger partial charge in [-0.2, -0.15) is 0 Å². The van der Waals surface area contributed by atoms with Gasteiger partial charge < -0.3 is 15.5 Å². The van der Waals surface area contributed by atoms with Crippen LogP contribution in [0.25, 0.3) is 5.57 Å². The first-order valence-electron chi connectivity index (χ1n) is 6.04. The summed E-state index contributed by atoms with van der Waals surface area (Å²) in [6, 6.07) is 5.69. The van der Waals surface area contributed by atoms with Crippen molar-refractivity contribution in [1.82, 2.24) is 5.32 Å². The van der Waals surface area contributed by atoms with Crippen LogP contribution in [0.3, 0.4) is 0 Å². The van der Waals surface area contributed by atoms with E-state index in [0.29, 0.717) is 5.75 Å². The van der Waals surface area contributed by atoms with Crippen molar-refractivity contribution in [1.29, 1.82) is 0 Å². The number of allylic oxidation sites excluding steroid dienone is 2. The molecule has 1 heterocycles. The third-order valence-electron chi connectivity index (χ3n) is 3.01. The van der Waals surface area contributed by atoms with Crippen LogP contribution in [0.15, 0.2) is 36.6 Å². The lowest BCUT2D eigenvalue weighted by Gasteiger charge is -2.21. The fourth-order valence-electron chi connectivity index (χ4n) is 2.00. The number of hydrogen-bond acceptors (Lipinski definition) is 3. The molecule has 1 aliphatic rings. The number of benzene rings is 1. The Morgan fingerprint density at radius 1 is 1.22 bits per heavy atom. The van der Waals surface area contributed by atoms with Crippen LogP contribution in [0, 0.1) is 0 Å². The summed E-state index contributed by atoms with van der Waals surface area (Å²) in [5.41, 5.74) is 2.72. The number of phenolic OH excluding ortho intramolecular Hbond substituents is 1. The van der Waals surface area contributed by atoms with Gasteiger partial charge in [-0.25, -0.2) is 0 Å².